The van der Waals surface area contributed by atoms with Crippen molar-refractivity contribution < 1.29 is 8.42 Å². The first kappa shape index (κ1) is 20.0. The molecule has 0 saturated carbocycles. The van der Waals surface area contributed by atoms with E-state index in [1.807, 2.05) is 6.08 Å². The fourth-order valence-electron chi connectivity index (χ4n) is 3.10. The first-order valence-corrected chi connectivity index (χ1v) is 10.8. The topological polar surface area (TPSA) is 61.4 Å². The van der Waals surface area contributed by atoms with Crippen molar-refractivity contribution in [2.45, 2.75) is 11.3 Å². The number of allylic oxidation sites excluding steroid dienone is 4. The third-order valence-corrected chi connectivity index (χ3v) is 6.13. The lowest BCUT2D eigenvalue weighted by atomic mass is 10.1. The molecule has 2 N–H and O–H groups in total. The molecule has 0 unspecified atom stereocenters. The van der Waals surface area contributed by atoms with Crippen LogP contribution in [0.2, 0.25) is 10.0 Å². The summed E-state index contributed by atoms with van der Waals surface area (Å²) in [6.07, 6.45) is 8.18. The van der Waals surface area contributed by atoms with Crippen LogP contribution in [0.4, 0.5) is 0 Å². The number of sulfonamides is 1. The highest BCUT2D eigenvalue weighted by Crippen LogP contribution is 2.27. The van der Waals surface area contributed by atoms with Crippen LogP contribution in [0.1, 0.15) is 6.42 Å². The summed E-state index contributed by atoms with van der Waals surface area (Å²) in [4.78, 5) is 2.26. The molecule has 144 valence electrons. The van der Waals surface area contributed by atoms with Gasteiger partial charge in [-0.15, -0.1) is 0 Å². The lowest BCUT2D eigenvalue weighted by Gasteiger charge is -2.32. The Kier molecular flexibility index (Phi) is 6.32. The normalized spacial score (nSPS) is 18.1. The Balaban J connectivity index is 1.98. The van der Waals surface area contributed by atoms with Crippen LogP contribution >= 0.6 is 23.2 Å². The third-order valence-electron chi connectivity index (χ3n) is 4.35. The molecule has 2 aliphatic rings. The van der Waals surface area contributed by atoms with Crippen LogP contribution in [0.15, 0.2) is 70.9 Å². The number of nitrogens with zero attached hydrogens (tertiary/aromatic N) is 1. The predicted molar refractivity (Wildman–Crippen MR) is 110 cm³/mol. The zero-order valence-electron chi connectivity index (χ0n) is 14.7. The van der Waals surface area contributed by atoms with Crippen LogP contribution in [-0.4, -0.2) is 39.5 Å². The van der Waals surface area contributed by atoms with Gasteiger partial charge in [0.15, 0.2) is 0 Å². The highest BCUT2D eigenvalue weighted by Gasteiger charge is 2.22. The number of piperazine rings is 1. The maximum atomic E-state index is 12.9. The lowest BCUT2D eigenvalue weighted by molar-refractivity contribution is 0.304. The van der Waals surface area contributed by atoms with E-state index in [-0.39, 0.29) is 14.9 Å². The van der Waals surface area contributed by atoms with Gasteiger partial charge in [-0.3, -0.25) is 4.72 Å². The molecular weight excluding hydrogens is 405 g/mol. The minimum Gasteiger partial charge on any atom is -0.369 e. The summed E-state index contributed by atoms with van der Waals surface area (Å²) in [5.41, 5.74) is 2.21. The molecule has 5 nitrogen and oxygen atoms in total. The van der Waals surface area contributed by atoms with Crippen LogP contribution in [0.25, 0.3) is 0 Å². The van der Waals surface area contributed by atoms with E-state index in [0.717, 1.165) is 37.4 Å². The Morgan fingerprint density at radius 2 is 1.81 bits per heavy atom. The molecule has 0 spiro atoms. The largest absolute Gasteiger partial charge is 0.369 e. The fraction of sp³-hybridized carbons (Fsp3) is 0.263. The lowest BCUT2D eigenvalue weighted by Crippen LogP contribution is -2.43. The van der Waals surface area contributed by atoms with Gasteiger partial charge in [0.2, 0.25) is 0 Å². The first-order chi connectivity index (χ1) is 12.9. The Morgan fingerprint density at radius 3 is 2.44 bits per heavy atom. The van der Waals surface area contributed by atoms with Crippen molar-refractivity contribution in [2.24, 2.45) is 0 Å². The van der Waals surface area contributed by atoms with Crippen LogP contribution < -0.4 is 10.0 Å². The molecule has 1 fully saturated rings. The average Bonchev–Trinajstić information content (AvgIpc) is 2.83. The molecule has 0 atom stereocenters. The van der Waals surface area contributed by atoms with Crippen LogP contribution in [-0.2, 0) is 10.0 Å². The van der Waals surface area contributed by atoms with Crippen LogP contribution in [0.5, 0.6) is 0 Å². The summed E-state index contributed by atoms with van der Waals surface area (Å²) in [5.74, 6) is 0. The number of benzene rings is 1. The maximum absolute atomic E-state index is 12.9. The van der Waals surface area contributed by atoms with Gasteiger partial charge in [-0.1, -0.05) is 48.0 Å². The second-order valence-corrected chi connectivity index (χ2v) is 8.76. The van der Waals surface area contributed by atoms with Gasteiger partial charge < -0.3 is 10.2 Å². The number of hydrogen-bond acceptors (Lipinski definition) is 4. The third kappa shape index (κ3) is 4.76. The van der Waals surface area contributed by atoms with E-state index in [9.17, 15) is 8.42 Å². The molecule has 1 aromatic rings. The second kappa shape index (κ2) is 8.52. The first-order valence-electron chi connectivity index (χ1n) is 8.59. The zero-order valence-corrected chi connectivity index (χ0v) is 17.0. The van der Waals surface area contributed by atoms with Gasteiger partial charge in [0.1, 0.15) is 0 Å². The van der Waals surface area contributed by atoms with Gasteiger partial charge in [0.25, 0.3) is 10.0 Å². The quantitative estimate of drug-likeness (QED) is 0.757. The van der Waals surface area contributed by atoms with Gasteiger partial charge in [-0.05, 0) is 30.7 Å². The molecule has 1 aliphatic carbocycles. The van der Waals surface area contributed by atoms with Crippen molar-refractivity contribution in [2.75, 3.05) is 26.2 Å². The summed E-state index contributed by atoms with van der Waals surface area (Å²) in [7, 11) is -3.85. The van der Waals surface area contributed by atoms with Crippen molar-refractivity contribution in [3.63, 3.8) is 0 Å². The van der Waals surface area contributed by atoms with E-state index in [1.165, 1.54) is 18.2 Å². The Morgan fingerprint density at radius 1 is 1.15 bits per heavy atom. The predicted octanol–water partition coefficient (Wildman–Crippen LogP) is 3.46. The second-order valence-electron chi connectivity index (χ2n) is 6.21. The van der Waals surface area contributed by atoms with Gasteiger partial charge >= 0.3 is 0 Å². The monoisotopic (exact) mass is 425 g/mol. The SMILES string of the molecule is C=CC1=C(NS(=O)(=O)c2cc(Cl)cc(Cl)c2)C=CCC=C1N1CCNCC1. The molecule has 3 rings (SSSR count). The molecule has 27 heavy (non-hydrogen) atoms. The van der Waals surface area contributed by atoms with Crippen LogP contribution in [0.3, 0.4) is 0 Å². The van der Waals surface area contributed by atoms with E-state index in [0.29, 0.717) is 12.1 Å². The molecule has 0 amide bonds. The standard InChI is InChI=1S/C19H21Cl2N3O2S/c1-2-17-18(5-3-4-6-19(17)24-9-7-22-8-10-24)23-27(25,26)16-12-14(20)11-15(21)13-16/h2-3,5-6,11-13,22-23H,1,4,7-10H2. The minimum absolute atomic E-state index is 0.0151. The van der Waals surface area contributed by atoms with Crippen molar-refractivity contribution in [3.8, 4) is 0 Å². The minimum atomic E-state index is -3.85. The van der Waals surface area contributed by atoms with E-state index in [1.54, 1.807) is 12.2 Å². The highest BCUT2D eigenvalue weighted by atomic mass is 35.5. The van der Waals surface area contributed by atoms with Crippen LogP contribution in [0, 0.1) is 0 Å². The van der Waals surface area contributed by atoms with E-state index in [4.69, 9.17) is 23.2 Å². The zero-order chi connectivity index (χ0) is 19.4. The summed E-state index contributed by atoms with van der Waals surface area (Å²) in [6.45, 7) is 7.38. The van der Waals surface area contributed by atoms with Gasteiger partial charge in [-0.2, -0.15) is 0 Å². The highest BCUT2D eigenvalue weighted by molar-refractivity contribution is 7.89. The average molecular weight is 426 g/mol. The van der Waals surface area contributed by atoms with E-state index in [2.05, 4.69) is 27.6 Å². The summed E-state index contributed by atoms with van der Waals surface area (Å²) >= 11 is 11.9. The number of halogens is 2. The van der Waals surface area contributed by atoms with Gasteiger partial charge in [0, 0.05) is 47.5 Å². The molecule has 1 saturated heterocycles. The Hall–Kier alpha value is -1.73. The molecule has 0 radical (unpaired) electrons. The number of hydrogen-bond donors (Lipinski definition) is 2. The summed E-state index contributed by atoms with van der Waals surface area (Å²) in [5, 5.41) is 3.85. The van der Waals surface area contributed by atoms with Crippen molar-refractivity contribution in [3.05, 3.63) is 76.1 Å². The summed E-state index contributed by atoms with van der Waals surface area (Å²) < 4.78 is 28.4. The van der Waals surface area contributed by atoms with E-state index >= 15 is 0 Å². The smallest absolute Gasteiger partial charge is 0.262 e. The maximum Gasteiger partial charge on any atom is 0.262 e. The number of nitrogens with one attached hydrogen (secondary N) is 2. The molecule has 1 aromatic carbocycles. The van der Waals surface area contributed by atoms with Crippen molar-refractivity contribution in [1.82, 2.24) is 14.9 Å². The van der Waals surface area contributed by atoms with Gasteiger partial charge in [-0.25, -0.2) is 8.42 Å². The fourth-order valence-corrected chi connectivity index (χ4v) is 4.90. The van der Waals surface area contributed by atoms with E-state index < -0.39 is 10.0 Å². The molecular formula is C19H21Cl2N3O2S. The molecule has 1 aliphatic heterocycles. The molecule has 8 heteroatoms. The Bertz CT molecular complexity index is 910. The Labute approximate surface area is 170 Å². The summed E-state index contributed by atoms with van der Waals surface area (Å²) in [6, 6.07) is 4.24. The van der Waals surface area contributed by atoms with Crippen molar-refractivity contribution in [1.29, 1.82) is 0 Å². The molecule has 1 heterocycles. The van der Waals surface area contributed by atoms with Crippen molar-refractivity contribution >= 4 is 33.2 Å². The number of rotatable bonds is 5. The molecule has 0 aromatic heterocycles. The van der Waals surface area contributed by atoms with Gasteiger partial charge in [0.05, 0.1) is 10.6 Å². The molecule has 0 bridgehead atoms.